The molecule has 5 nitrogen and oxygen atoms in total. The van der Waals surface area contributed by atoms with Crippen LogP contribution in [0.3, 0.4) is 0 Å². The average molecular weight is 231 g/mol. The van der Waals surface area contributed by atoms with E-state index in [-0.39, 0.29) is 11.4 Å². The van der Waals surface area contributed by atoms with Crippen LogP contribution in [0.15, 0.2) is 41.5 Å². The number of nitrogens with zero attached hydrogens (tertiary/aromatic N) is 1. The standard InChI is InChI=1S/C12H13N3O2/c1-13-7-9-4-2-3-5-10(9)17-12-6-11(16)14-8-15-12/h2-6,8,13H,7H2,1H3,(H,14,15,16). The van der Waals surface area contributed by atoms with Gasteiger partial charge in [-0.1, -0.05) is 18.2 Å². The molecule has 0 saturated carbocycles. The fraction of sp³-hybridized carbons (Fsp3) is 0.167. The lowest BCUT2D eigenvalue weighted by Crippen LogP contribution is -2.08. The lowest BCUT2D eigenvalue weighted by atomic mass is 10.2. The molecule has 0 atom stereocenters. The monoisotopic (exact) mass is 231 g/mol. The summed E-state index contributed by atoms with van der Waals surface area (Å²) in [4.78, 5) is 17.5. The Bertz CT molecular complexity index is 551. The molecule has 0 bridgehead atoms. The summed E-state index contributed by atoms with van der Waals surface area (Å²) in [6, 6.07) is 8.93. The normalized spacial score (nSPS) is 10.2. The zero-order valence-electron chi connectivity index (χ0n) is 9.43. The van der Waals surface area contributed by atoms with Gasteiger partial charge in [-0.2, -0.15) is 0 Å². The van der Waals surface area contributed by atoms with E-state index in [1.54, 1.807) is 0 Å². The Morgan fingerprint density at radius 2 is 2.24 bits per heavy atom. The van der Waals surface area contributed by atoms with Crippen LogP contribution in [0.2, 0.25) is 0 Å². The number of nitrogens with one attached hydrogen (secondary N) is 2. The Labute approximate surface area is 98.5 Å². The molecule has 0 spiro atoms. The van der Waals surface area contributed by atoms with Crippen molar-refractivity contribution in [3.8, 4) is 11.6 Å². The third-order valence-corrected chi connectivity index (χ3v) is 2.21. The average Bonchev–Trinajstić information content (AvgIpc) is 2.32. The SMILES string of the molecule is CNCc1ccccc1Oc1cc(=O)[nH]cn1. The smallest absolute Gasteiger partial charge is 0.254 e. The molecule has 0 aliphatic rings. The van der Waals surface area contributed by atoms with Crippen LogP contribution in [0, 0.1) is 0 Å². The molecule has 0 amide bonds. The summed E-state index contributed by atoms with van der Waals surface area (Å²) in [5.74, 6) is 0.984. The Balaban J connectivity index is 2.26. The van der Waals surface area contributed by atoms with Crippen molar-refractivity contribution in [3.05, 3.63) is 52.6 Å². The third-order valence-electron chi connectivity index (χ3n) is 2.21. The zero-order chi connectivity index (χ0) is 12.1. The van der Waals surface area contributed by atoms with E-state index >= 15 is 0 Å². The second kappa shape index (κ2) is 5.27. The minimum absolute atomic E-state index is 0.235. The van der Waals surface area contributed by atoms with E-state index in [1.807, 2.05) is 31.3 Å². The van der Waals surface area contributed by atoms with Gasteiger partial charge in [-0.3, -0.25) is 4.79 Å². The number of para-hydroxylation sites is 1. The predicted molar refractivity (Wildman–Crippen MR) is 64.1 cm³/mol. The molecular weight excluding hydrogens is 218 g/mol. The van der Waals surface area contributed by atoms with Crippen molar-refractivity contribution in [2.24, 2.45) is 0 Å². The second-order valence-corrected chi connectivity index (χ2v) is 3.49. The molecule has 0 unspecified atom stereocenters. The quantitative estimate of drug-likeness (QED) is 0.831. The second-order valence-electron chi connectivity index (χ2n) is 3.49. The molecule has 2 N–H and O–H groups in total. The van der Waals surface area contributed by atoms with Gasteiger partial charge in [-0.15, -0.1) is 0 Å². The van der Waals surface area contributed by atoms with E-state index in [0.717, 1.165) is 5.56 Å². The van der Waals surface area contributed by atoms with Gasteiger partial charge in [0.05, 0.1) is 12.4 Å². The molecule has 0 saturated heterocycles. The molecule has 2 rings (SSSR count). The summed E-state index contributed by atoms with van der Waals surface area (Å²) < 4.78 is 5.57. The van der Waals surface area contributed by atoms with Gasteiger partial charge in [-0.05, 0) is 13.1 Å². The highest BCUT2D eigenvalue weighted by molar-refractivity contribution is 5.35. The van der Waals surface area contributed by atoms with Crippen LogP contribution in [-0.2, 0) is 6.54 Å². The van der Waals surface area contributed by atoms with E-state index in [9.17, 15) is 4.79 Å². The van der Waals surface area contributed by atoms with Gasteiger partial charge in [0.15, 0.2) is 0 Å². The van der Waals surface area contributed by atoms with E-state index < -0.39 is 0 Å². The van der Waals surface area contributed by atoms with Crippen molar-refractivity contribution in [2.45, 2.75) is 6.54 Å². The zero-order valence-corrected chi connectivity index (χ0v) is 9.43. The summed E-state index contributed by atoms with van der Waals surface area (Å²) in [5.41, 5.74) is 0.776. The van der Waals surface area contributed by atoms with Crippen molar-refractivity contribution in [2.75, 3.05) is 7.05 Å². The summed E-state index contributed by atoms with van der Waals surface area (Å²) in [6.07, 6.45) is 1.32. The van der Waals surface area contributed by atoms with Gasteiger partial charge >= 0.3 is 0 Å². The number of aromatic nitrogens is 2. The van der Waals surface area contributed by atoms with E-state index in [0.29, 0.717) is 12.3 Å². The summed E-state index contributed by atoms with van der Waals surface area (Å²) in [5, 5.41) is 3.05. The van der Waals surface area contributed by atoms with E-state index in [1.165, 1.54) is 12.4 Å². The van der Waals surface area contributed by atoms with Gasteiger partial charge < -0.3 is 15.0 Å². The highest BCUT2D eigenvalue weighted by atomic mass is 16.5. The Kier molecular flexibility index (Phi) is 3.52. The fourth-order valence-electron chi connectivity index (χ4n) is 1.46. The van der Waals surface area contributed by atoms with Crippen LogP contribution in [0.5, 0.6) is 11.6 Å². The van der Waals surface area contributed by atoms with E-state index in [4.69, 9.17) is 4.74 Å². The fourth-order valence-corrected chi connectivity index (χ4v) is 1.46. The van der Waals surface area contributed by atoms with Crippen LogP contribution >= 0.6 is 0 Å². The highest BCUT2D eigenvalue weighted by Crippen LogP contribution is 2.22. The Morgan fingerprint density at radius 3 is 3.00 bits per heavy atom. The number of hydrogen-bond donors (Lipinski definition) is 2. The number of H-pyrrole nitrogens is 1. The number of benzene rings is 1. The Hall–Kier alpha value is -2.14. The van der Waals surface area contributed by atoms with Gasteiger partial charge in [-0.25, -0.2) is 4.98 Å². The number of aromatic amines is 1. The molecule has 1 aromatic carbocycles. The third kappa shape index (κ3) is 2.92. The van der Waals surface area contributed by atoms with Crippen molar-refractivity contribution in [1.29, 1.82) is 0 Å². The van der Waals surface area contributed by atoms with Gasteiger partial charge in [0.1, 0.15) is 5.75 Å². The maximum atomic E-state index is 11.1. The predicted octanol–water partition coefficient (Wildman–Crippen LogP) is 1.28. The van der Waals surface area contributed by atoms with Crippen molar-refractivity contribution in [1.82, 2.24) is 15.3 Å². The molecule has 0 aliphatic carbocycles. The van der Waals surface area contributed by atoms with Crippen molar-refractivity contribution >= 4 is 0 Å². The summed E-state index contributed by atoms with van der Waals surface area (Å²) in [7, 11) is 1.86. The maximum absolute atomic E-state index is 11.1. The minimum Gasteiger partial charge on any atom is -0.438 e. The first kappa shape index (κ1) is 11.3. The summed E-state index contributed by atoms with van der Waals surface area (Å²) >= 11 is 0. The first-order valence-electron chi connectivity index (χ1n) is 5.24. The molecule has 1 aromatic heterocycles. The van der Waals surface area contributed by atoms with Gasteiger partial charge in [0.25, 0.3) is 5.56 Å². The van der Waals surface area contributed by atoms with Gasteiger partial charge in [0.2, 0.25) is 5.88 Å². The maximum Gasteiger partial charge on any atom is 0.254 e. The lowest BCUT2D eigenvalue weighted by Gasteiger charge is -2.09. The highest BCUT2D eigenvalue weighted by Gasteiger charge is 2.04. The molecule has 5 heteroatoms. The molecule has 88 valence electrons. The molecule has 17 heavy (non-hydrogen) atoms. The van der Waals surface area contributed by atoms with Crippen LogP contribution in [0.4, 0.5) is 0 Å². The van der Waals surface area contributed by atoms with Crippen LogP contribution in [-0.4, -0.2) is 17.0 Å². The molecule has 2 aromatic rings. The molecular formula is C12H13N3O2. The molecule has 0 fully saturated rings. The van der Waals surface area contributed by atoms with Crippen LogP contribution < -0.4 is 15.6 Å². The van der Waals surface area contributed by atoms with Crippen LogP contribution in [0.25, 0.3) is 0 Å². The summed E-state index contributed by atoms with van der Waals surface area (Å²) in [6.45, 7) is 0.694. The minimum atomic E-state index is -0.235. The van der Waals surface area contributed by atoms with Gasteiger partial charge in [0, 0.05) is 12.1 Å². The molecule has 1 heterocycles. The first-order chi connectivity index (χ1) is 8.29. The largest absolute Gasteiger partial charge is 0.438 e. The van der Waals surface area contributed by atoms with Crippen molar-refractivity contribution in [3.63, 3.8) is 0 Å². The molecule has 0 radical (unpaired) electrons. The topological polar surface area (TPSA) is 67.0 Å². The number of hydrogen-bond acceptors (Lipinski definition) is 4. The van der Waals surface area contributed by atoms with Crippen molar-refractivity contribution < 1.29 is 4.74 Å². The number of ether oxygens (including phenoxy) is 1. The van der Waals surface area contributed by atoms with Crippen LogP contribution in [0.1, 0.15) is 5.56 Å². The van der Waals surface area contributed by atoms with E-state index in [2.05, 4.69) is 15.3 Å². The number of rotatable bonds is 4. The molecule has 0 aliphatic heterocycles. The lowest BCUT2D eigenvalue weighted by molar-refractivity contribution is 0.453. The first-order valence-corrected chi connectivity index (χ1v) is 5.24. The Morgan fingerprint density at radius 1 is 1.41 bits per heavy atom.